The highest BCUT2D eigenvalue weighted by atomic mass is 35.5. The lowest BCUT2D eigenvalue weighted by Gasteiger charge is -2.08. The molecule has 0 saturated carbocycles. The van der Waals surface area contributed by atoms with Crippen LogP contribution in [0, 0.1) is 0 Å². The number of halogens is 1. The summed E-state index contributed by atoms with van der Waals surface area (Å²) in [5, 5.41) is 18.6. The third-order valence-electron chi connectivity index (χ3n) is 2.89. The fourth-order valence-electron chi connectivity index (χ4n) is 1.75. The molecular weight excluding hydrogens is 290 g/mol. The minimum Gasteiger partial charge on any atom is -0.491 e. The zero-order valence-corrected chi connectivity index (χ0v) is 12.2. The number of benzene rings is 2. The van der Waals surface area contributed by atoms with Crippen LogP contribution in [0.4, 0.5) is 0 Å². The molecule has 0 aliphatic carbocycles. The monoisotopic (exact) mass is 306 g/mol. The largest absolute Gasteiger partial charge is 0.491 e. The van der Waals surface area contributed by atoms with Crippen molar-refractivity contribution in [3.8, 4) is 5.75 Å². The fraction of sp³-hybridized carbons (Fsp3) is 0.200. The van der Waals surface area contributed by atoms with Gasteiger partial charge in [0.15, 0.2) is 0 Å². The van der Waals surface area contributed by atoms with E-state index in [1.165, 1.54) is 0 Å². The van der Waals surface area contributed by atoms with Crippen LogP contribution in [0.25, 0.3) is 0 Å². The smallest absolute Gasteiger partial charge is 0.488 e. The van der Waals surface area contributed by atoms with E-state index in [0.717, 1.165) is 5.56 Å². The van der Waals surface area contributed by atoms with E-state index in [4.69, 9.17) is 31.1 Å². The lowest BCUT2D eigenvalue weighted by atomic mass is 9.80. The summed E-state index contributed by atoms with van der Waals surface area (Å²) in [5.74, 6) is 0.653. The summed E-state index contributed by atoms with van der Waals surface area (Å²) in [6.07, 6.45) is 0. The normalized spacial score (nSPS) is 10.4. The Morgan fingerprint density at radius 1 is 0.952 bits per heavy atom. The van der Waals surface area contributed by atoms with Crippen LogP contribution in [-0.2, 0) is 11.3 Å². The first-order chi connectivity index (χ1) is 10.2. The van der Waals surface area contributed by atoms with E-state index in [1.54, 1.807) is 24.3 Å². The van der Waals surface area contributed by atoms with Crippen LogP contribution in [0.3, 0.4) is 0 Å². The summed E-state index contributed by atoms with van der Waals surface area (Å²) in [5.41, 5.74) is 1.37. The van der Waals surface area contributed by atoms with Crippen LogP contribution in [0.15, 0.2) is 48.5 Å². The summed E-state index contributed by atoms with van der Waals surface area (Å²) in [7, 11) is -1.46. The van der Waals surface area contributed by atoms with Gasteiger partial charge >= 0.3 is 7.12 Å². The average molecular weight is 307 g/mol. The molecule has 2 rings (SSSR count). The molecule has 6 heteroatoms. The molecule has 2 aromatic carbocycles. The molecule has 0 aliphatic heterocycles. The molecule has 0 aromatic heterocycles. The SMILES string of the molecule is OB(O)c1ccc(OCCOCc2ccccc2Cl)cc1. The Hall–Kier alpha value is -1.53. The first-order valence-corrected chi connectivity index (χ1v) is 6.94. The van der Waals surface area contributed by atoms with Gasteiger partial charge in [0.1, 0.15) is 12.4 Å². The van der Waals surface area contributed by atoms with Crippen LogP contribution < -0.4 is 10.2 Å². The van der Waals surface area contributed by atoms with Crippen LogP contribution >= 0.6 is 11.6 Å². The second kappa shape index (κ2) is 8.05. The lowest BCUT2D eigenvalue weighted by molar-refractivity contribution is 0.0890. The van der Waals surface area contributed by atoms with Crippen LogP contribution in [-0.4, -0.2) is 30.4 Å². The first kappa shape index (κ1) is 15.9. The molecule has 0 heterocycles. The van der Waals surface area contributed by atoms with Crippen molar-refractivity contribution in [1.29, 1.82) is 0 Å². The summed E-state index contributed by atoms with van der Waals surface area (Å²) in [6, 6.07) is 14.1. The molecule has 0 fully saturated rings. The van der Waals surface area contributed by atoms with Gasteiger partial charge in [-0.3, -0.25) is 0 Å². The van der Waals surface area contributed by atoms with Gasteiger partial charge < -0.3 is 19.5 Å². The Balaban J connectivity index is 1.69. The highest BCUT2D eigenvalue weighted by Gasteiger charge is 2.09. The third kappa shape index (κ3) is 5.06. The second-order valence-electron chi connectivity index (χ2n) is 4.44. The minimum absolute atomic E-state index is 0.408. The predicted octanol–water partition coefficient (Wildman–Crippen LogP) is 1.62. The molecule has 110 valence electrons. The van der Waals surface area contributed by atoms with Gasteiger partial charge in [0.2, 0.25) is 0 Å². The van der Waals surface area contributed by atoms with Gasteiger partial charge in [-0.05, 0) is 29.2 Å². The average Bonchev–Trinajstić information content (AvgIpc) is 2.49. The maximum atomic E-state index is 8.98. The Morgan fingerprint density at radius 3 is 2.33 bits per heavy atom. The summed E-state index contributed by atoms with van der Waals surface area (Å²) < 4.78 is 11.0. The molecule has 0 unspecified atom stereocenters. The number of hydrogen-bond acceptors (Lipinski definition) is 4. The highest BCUT2D eigenvalue weighted by molar-refractivity contribution is 6.58. The molecular formula is C15H16BClO4. The van der Waals surface area contributed by atoms with Crippen molar-refractivity contribution in [3.63, 3.8) is 0 Å². The standard InChI is InChI=1S/C15H16BClO4/c17-15-4-2-1-3-12(15)11-20-9-10-21-14-7-5-13(6-8-14)16(18)19/h1-8,18-19H,9-11H2. The minimum atomic E-state index is -1.46. The molecule has 0 bridgehead atoms. The van der Waals surface area contributed by atoms with E-state index >= 15 is 0 Å². The van der Waals surface area contributed by atoms with Crippen molar-refractivity contribution >= 4 is 24.2 Å². The Kier molecular flexibility index (Phi) is 6.08. The fourth-order valence-corrected chi connectivity index (χ4v) is 1.94. The van der Waals surface area contributed by atoms with Gasteiger partial charge in [-0.2, -0.15) is 0 Å². The van der Waals surface area contributed by atoms with Gasteiger partial charge in [0.25, 0.3) is 0 Å². The lowest BCUT2D eigenvalue weighted by Crippen LogP contribution is -2.29. The van der Waals surface area contributed by atoms with Gasteiger partial charge in [-0.15, -0.1) is 0 Å². The molecule has 0 radical (unpaired) electrons. The molecule has 0 amide bonds. The van der Waals surface area contributed by atoms with Crippen LogP contribution in [0.2, 0.25) is 5.02 Å². The Morgan fingerprint density at radius 2 is 1.67 bits per heavy atom. The molecule has 21 heavy (non-hydrogen) atoms. The maximum absolute atomic E-state index is 8.98. The number of ether oxygens (including phenoxy) is 2. The quantitative estimate of drug-likeness (QED) is 0.603. The molecule has 0 spiro atoms. The van der Waals surface area contributed by atoms with Crippen molar-refractivity contribution in [2.45, 2.75) is 6.61 Å². The van der Waals surface area contributed by atoms with E-state index in [-0.39, 0.29) is 0 Å². The molecule has 0 aliphatic rings. The van der Waals surface area contributed by atoms with Crippen molar-refractivity contribution in [3.05, 3.63) is 59.1 Å². The van der Waals surface area contributed by atoms with Crippen LogP contribution in [0.1, 0.15) is 5.56 Å². The summed E-state index contributed by atoms with van der Waals surface area (Å²) in [6.45, 7) is 1.29. The highest BCUT2D eigenvalue weighted by Crippen LogP contribution is 2.15. The zero-order valence-electron chi connectivity index (χ0n) is 11.4. The maximum Gasteiger partial charge on any atom is 0.488 e. The first-order valence-electron chi connectivity index (χ1n) is 6.57. The summed E-state index contributed by atoms with van der Waals surface area (Å²) >= 11 is 6.02. The molecule has 2 aromatic rings. The Labute approximate surface area is 129 Å². The van der Waals surface area contributed by atoms with Crippen LogP contribution in [0.5, 0.6) is 5.75 Å². The number of rotatable bonds is 7. The third-order valence-corrected chi connectivity index (χ3v) is 3.26. The van der Waals surface area contributed by atoms with Crippen molar-refractivity contribution < 1.29 is 19.5 Å². The Bertz CT molecular complexity index is 560. The summed E-state index contributed by atoms with van der Waals surface area (Å²) in [4.78, 5) is 0. The molecule has 2 N–H and O–H groups in total. The van der Waals surface area contributed by atoms with E-state index in [9.17, 15) is 0 Å². The van der Waals surface area contributed by atoms with Crippen molar-refractivity contribution in [2.75, 3.05) is 13.2 Å². The predicted molar refractivity (Wildman–Crippen MR) is 82.9 cm³/mol. The topological polar surface area (TPSA) is 58.9 Å². The van der Waals surface area contributed by atoms with E-state index < -0.39 is 7.12 Å². The second-order valence-corrected chi connectivity index (χ2v) is 4.84. The van der Waals surface area contributed by atoms with Gasteiger partial charge in [0.05, 0.1) is 13.2 Å². The van der Waals surface area contributed by atoms with E-state index in [1.807, 2.05) is 24.3 Å². The van der Waals surface area contributed by atoms with E-state index in [2.05, 4.69) is 0 Å². The van der Waals surface area contributed by atoms with E-state index in [0.29, 0.717) is 36.1 Å². The molecule has 0 atom stereocenters. The zero-order chi connectivity index (χ0) is 15.1. The van der Waals surface area contributed by atoms with Gasteiger partial charge in [-0.1, -0.05) is 41.9 Å². The van der Waals surface area contributed by atoms with Gasteiger partial charge in [-0.25, -0.2) is 0 Å². The van der Waals surface area contributed by atoms with Crippen molar-refractivity contribution in [2.24, 2.45) is 0 Å². The molecule has 4 nitrogen and oxygen atoms in total. The molecule has 0 saturated heterocycles. The van der Waals surface area contributed by atoms with Crippen molar-refractivity contribution in [1.82, 2.24) is 0 Å². The van der Waals surface area contributed by atoms with Gasteiger partial charge in [0, 0.05) is 5.02 Å². The number of hydrogen-bond donors (Lipinski definition) is 2.